The highest BCUT2D eigenvalue weighted by Crippen LogP contribution is 2.26. The van der Waals surface area contributed by atoms with Crippen molar-refractivity contribution in [1.82, 2.24) is 4.98 Å². The quantitative estimate of drug-likeness (QED) is 0.901. The Hall–Kier alpha value is -2.11. The van der Waals surface area contributed by atoms with Crippen molar-refractivity contribution in [2.24, 2.45) is 0 Å². The van der Waals surface area contributed by atoms with E-state index < -0.39 is 11.6 Å². The van der Waals surface area contributed by atoms with Gasteiger partial charge in [-0.25, -0.2) is 9.78 Å². The molecule has 6 heteroatoms. The topological polar surface area (TPSA) is 73.7 Å². The summed E-state index contributed by atoms with van der Waals surface area (Å²) in [5.41, 5.74) is -0.0567. The van der Waals surface area contributed by atoms with E-state index in [4.69, 9.17) is 0 Å². The molecule has 1 aromatic heterocycles. The molecule has 0 atom stereocenters. The molecule has 1 fully saturated rings. The van der Waals surface area contributed by atoms with E-state index in [0.717, 1.165) is 6.42 Å². The smallest absolute Gasteiger partial charge is 0.412 e. The first-order chi connectivity index (χ1) is 9.30. The number of amides is 2. The second-order valence-corrected chi connectivity index (χ2v) is 5.81. The van der Waals surface area contributed by atoms with Crippen LogP contribution in [0.2, 0.25) is 0 Å². The van der Waals surface area contributed by atoms with Crippen LogP contribution in [0, 0.1) is 0 Å². The fraction of sp³-hybridized carbons (Fsp3) is 0.500. The minimum atomic E-state index is -1.02. The molecule has 6 nitrogen and oxygen atoms in total. The van der Waals surface area contributed by atoms with Gasteiger partial charge in [0.05, 0.1) is 11.9 Å². The van der Waals surface area contributed by atoms with E-state index in [1.807, 2.05) is 20.8 Å². The van der Waals surface area contributed by atoms with E-state index in [9.17, 15) is 14.7 Å². The number of carboxylic acid groups (broad SMARTS) is 1. The van der Waals surface area contributed by atoms with E-state index in [2.05, 4.69) is 4.98 Å². The maximum absolute atomic E-state index is 11.6. The van der Waals surface area contributed by atoms with Gasteiger partial charge in [-0.3, -0.25) is 14.6 Å². The summed E-state index contributed by atoms with van der Waals surface area (Å²) in [4.78, 5) is 30.1. The molecule has 1 saturated heterocycles. The molecule has 0 saturated carbocycles. The number of carbonyl (C=O) groups is 2. The number of rotatable bonds is 2. The van der Waals surface area contributed by atoms with Gasteiger partial charge in [-0.2, -0.15) is 0 Å². The fourth-order valence-electron chi connectivity index (χ4n) is 2.35. The molecule has 2 heterocycles. The van der Waals surface area contributed by atoms with Crippen molar-refractivity contribution in [3.63, 3.8) is 0 Å². The van der Waals surface area contributed by atoms with Gasteiger partial charge in [0.15, 0.2) is 0 Å². The van der Waals surface area contributed by atoms with Crippen LogP contribution in [0.25, 0.3) is 0 Å². The van der Waals surface area contributed by atoms with Crippen LogP contribution in [0.15, 0.2) is 18.3 Å². The average molecular weight is 277 g/mol. The average Bonchev–Trinajstić information content (AvgIpc) is 2.74. The molecule has 108 valence electrons. The lowest BCUT2D eigenvalue weighted by atomic mass is 10.1. The van der Waals surface area contributed by atoms with Crippen LogP contribution in [-0.2, 0) is 4.79 Å². The van der Waals surface area contributed by atoms with E-state index in [1.165, 1.54) is 11.1 Å². The second-order valence-electron chi connectivity index (χ2n) is 5.81. The molecule has 0 radical (unpaired) electrons. The van der Waals surface area contributed by atoms with Gasteiger partial charge < -0.3 is 5.11 Å². The third-order valence-electron chi connectivity index (χ3n) is 3.20. The summed E-state index contributed by atoms with van der Waals surface area (Å²) >= 11 is 0. The highest BCUT2D eigenvalue weighted by atomic mass is 16.4. The second kappa shape index (κ2) is 5.11. The minimum Gasteiger partial charge on any atom is -0.465 e. The number of hydrogen-bond acceptors (Lipinski definition) is 3. The van der Waals surface area contributed by atoms with Crippen LogP contribution in [0.5, 0.6) is 0 Å². The summed E-state index contributed by atoms with van der Waals surface area (Å²) in [6.45, 7) is 6.13. The lowest BCUT2D eigenvalue weighted by Crippen LogP contribution is -2.45. The third-order valence-corrected chi connectivity index (χ3v) is 3.20. The highest BCUT2D eigenvalue weighted by Gasteiger charge is 2.29. The number of nitrogens with zero attached hydrogens (tertiary/aromatic N) is 3. The number of carbonyl (C=O) groups excluding carboxylic acids is 1. The maximum Gasteiger partial charge on any atom is 0.412 e. The third kappa shape index (κ3) is 2.74. The Bertz CT molecular complexity index is 519. The summed E-state index contributed by atoms with van der Waals surface area (Å²) in [5, 5.41) is 9.32. The zero-order valence-electron chi connectivity index (χ0n) is 12.0. The van der Waals surface area contributed by atoms with Gasteiger partial charge in [0.2, 0.25) is 5.91 Å². The first-order valence-electron chi connectivity index (χ1n) is 6.60. The zero-order valence-corrected chi connectivity index (χ0v) is 12.0. The van der Waals surface area contributed by atoms with Crippen LogP contribution < -0.4 is 9.80 Å². The van der Waals surface area contributed by atoms with Gasteiger partial charge in [-0.15, -0.1) is 0 Å². The highest BCUT2D eigenvalue weighted by molar-refractivity contribution is 5.94. The van der Waals surface area contributed by atoms with Crippen molar-refractivity contribution in [2.45, 2.75) is 39.2 Å². The number of hydrogen-bond donors (Lipinski definition) is 1. The van der Waals surface area contributed by atoms with E-state index >= 15 is 0 Å². The molecule has 1 aromatic rings. The largest absolute Gasteiger partial charge is 0.465 e. The molecule has 1 aliphatic rings. The van der Waals surface area contributed by atoms with Crippen LogP contribution >= 0.6 is 0 Å². The molecule has 2 rings (SSSR count). The van der Waals surface area contributed by atoms with Crippen LogP contribution in [0.1, 0.15) is 33.6 Å². The van der Waals surface area contributed by atoms with Crippen LogP contribution in [-0.4, -0.2) is 34.2 Å². The van der Waals surface area contributed by atoms with E-state index in [0.29, 0.717) is 24.5 Å². The van der Waals surface area contributed by atoms with Gasteiger partial charge in [-0.05, 0) is 39.3 Å². The Balaban J connectivity index is 2.27. The van der Waals surface area contributed by atoms with Gasteiger partial charge in [0.1, 0.15) is 5.82 Å². The van der Waals surface area contributed by atoms with Crippen molar-refractivity contribution in [1.29, 1.82) is 0 Å². The maximum atomic E-state index is 11.6. The van der Waals surface area contributed by atoms with Crippen molar-refractivity contribution in [2.75, 3.05) is 16.3 Å². The van der Waals surface area contributed by atoms with E-state index in [1.54, 1.807) is 17.0 Å². The molecule has 1 aliphatic heterocycles. The summed E-state index contributed by atoms with van der Waals surface area (Å²) in [6, 6.07) is 3.38. The Morgan fingerprint density at radius 3 is 2.50 bits per heavy atom. The standard InChI is InChI=1S/C14H19N3O3/c1-14(2,3)17(13(19)20)10-6-7-11(15-9-10)16-8-4-5-12(16)18/h6-7,9H,4-5,8H2,1-3H3,(H,19,20). The Morgan fingerprint density at radius 2 is 2.10 bits per heavy atom. The molecular formula is C14H19N3O3. The Kier molecular flexibility index (Phi) is 3.65. The van der Waals surface area contributed by atoms with Crippen molar-refractivity contribution >= 4 is 23.5 Å². The Morgan fingerprint density at radius 1 is 1.40 bits per heavy atom. The van der Waals surface area contributed by atoms with Crippen molar-refractivity contribution < 1.29 is 14.7 Å². The number of aromatic nitrogens is 1. The number of pyridine rings is 1. The molecule has 0 aromatic carbocycles. The summed E-state index contributed by atoms with van der Waals surface area (Å²) < 4.78 is 0. The molecule has 0 bridgehead atoms. The summed E-state index contributed by atoms with van der Waals surface area (Å²) in [7, 11) is 0. The number of anilines is 2. The Labute approximate surface area is 118 Å². The normalized spacial score (nSPS) is 15.6. The lowest BCUT2D eigenvalue weighted by Gasteiger charge is -2.33. The van der Waals surface area contributed by atoms with Crippen molar-refractivity contribution in [3.8, 4) is 0 Å². The molecule has 0 unspecified atom stereocenters. The van der Waals surface area contributed by atoms with E-state index in [-0.39, 0.29) is 5.91 Å². The molecule has 1 N–H and O–H groups in total. The lowest BCUT2D eigenvalue weighted by molar-refractivity contribution is -0.117. The zero-order chi connectivity index (χ0) is 14.9. The van der Waals surface area contributed by atoms with Crippen LogP contribution in [0.3, 0.4) is 0 Å². The first kappa shape index (κ1) is 14.3. The van der Waals surface area contributed by atoms with Gasteiger partial charge in [0.25, 0.3) is 0 Å². The monoisotopic (exact) mass is 277 g/mol. The van der Waals surface area contributed by atoms with Crippen LogP contribution in [0.4, 0.5) is 16.3 Å². The molecule has 20 heavy (non-hydrogen) atoms. The molecule has 0 aliphatic carbocycles. The SMILES string of the molecule is CC(C)(C)N(C(=O)O)c1ccc(N2CCCC2=O)nc1. The van der Waals surface area contributed by atoms with Crippen molar-refractivity contribution in [3.05, 3.63) is 18.3 Å². The van der Waals surface area contributed by atoms with Gasteiger partial charge in [-0.1, -0.05) is 0 Å². The minimum absolute atomic E-state index is 0.0659. The molecule has 0 spiro atoms. The first-order valence-corrected chi connectivity index (χ1v) is 6.60. The predicted octanol–water partition coefficient (Wildman–Crippen LogP) is 2.49. The van der Waals surface area contributed by atoms with Gasteiger partial charge >= 0.3 is 6.09 Å². The molecular weight excluding hydrogens is 258 g/mol. The predicted molar refractivity (Wildman–Crippen MR) is 76.1 cm³/mol. The summed E-state index contributed by atoms with van der Waals surface area (Å²) in [6.07, 6.45) is 1.86. The van der Waals surface area contributed by atoms with Gasteiger partial charge in [0, 0.05) is 18.5 Å². The molecule has 2 amide bonds. The fourth-order valence-corrected chi connectivity index (χ4v) is 2.35. The summed E-state index contributed by atoms with van der Waals surface area (Å²) in [5.74, 6) is 0.645.